The van der Waals surface area contributed by atoms with Gasteiger partial charge in [0.05, 0.1) is 11.6 Å². The molecule has 0 aliphatic carbocycles. The Morgan fingerprint density at radius 3 is 2.86 bits per heavy atom. The minimum Gasteiger partial charge on any atom is -0.383 e. The second-order valence-corrected chi connectivity index (χ2v) is 5.19. The zero-order chi connectivity index (χ0) is 14.8. The number of aryl methyl sites for hydroxylation is 2. The Balaban J connectivity index is 1.97. The molecule has 0 aliphatic rings. The van der Waals surface area contributed by atoms with Crippen LogP contribution in [0.4, 0.5) is 5.82 Å². The highest BCUT2D eigenvalue weighted by molar-refractivity contribution is 5.99. The van der Waals surface area contributed by atoms with E-state index in [9.17, 15) is 0 Å². The topological polar surface area (TPSA) is 87.4 Å². The van der Waals surface area contributed by atoms with E-state index in [1.807, 2.05) is 28.7 Å². The van der Waals surface area contributed by atoms with Crippen LogP contribution < -0.4 is 5.73 Å². The molecule has 7 nitrogen and oxygen atoms in total. The number of anilines is 1. The first-order valence-electron chi connectivity index (χ1n) is 7.16. The maximum Gasteiger partial charge on any atom is 0.145 e. The quantitative estimate of drug-likeness (QED) is 0.724. The van der Waals surface area contributed by atoms with Gasteiger partial charge in [0.2, 0.25) is 0 Å². The fourth-order valence-corrected chi connectivity index (χ4v) is 2.48. The van der Waals surface area contributed by atoms with Gasteiger partial charge in [0.15, 0.2) is 0 Å². The van der Waals surface area contributed by atoms with Crippen molar-refractivity contribution in [2.45, 2.75) is 32.7 Å². The van der Waals surface area contributed by atoms with Gasteiger partial charge >= 0.3 is 0 Å². The molecule has 0 radical (unpaired) electrons. The van der Waals surface area contributed by atoms with Gasteiger partial charge in [-0.2, -0.15) is 0 Å². The summed E-state index contributed by atoms with van der Waals surface area (Å²) in [5, 5.41) is 9.28. The zero-order valence-corrected chi connectivity index (χ0v) is 12.3. The average molecular weight is 285 g/mol. The smallest absolute Gasteiger partial charge is 0.145 e. The predicted molar refractivity (Wildman–Crippen MR) is 81.5 cm³/mol. The van der Waals surface area contributed by atoms with Crippen LogP contribution in [0.25, 0.3) is 22.3 Å². The lowest BCUT2D eigenvalue weighted by atomic mass is 10.2. The van der Waals surface area contributed by atoms with Gasteiger partial charge in [0, 0.05) is 25.4 Å². The van der Waals surface area contributed by atoms with E-state index < -0.39 is 0 Å². The first kappa shape index (κ1) is 13.5. The SMILES string of the molecule is CCCCCn1cc(-c2cn(C)c3ncnc(N)c23)nn1. The summed E-state index contributed by atoms with van der Waals surface area (Å²) in [6.07, 6.45) is 8.90. The van der Waals surface area contributed by atoms with Crippen molar-refractivity contribution in [1.82, 2.24) is 29.5 Å². The van der Waals surface area contributed by atoms with Crippen molar-refractivity contribution in [3.63, 3.8) is 0 Å². The lowest BCUT2D eigenvalue weighted by molar-refractivity contribution is 0.537. The van der Waals surface area contributed by atoms with Gasteiger partial charge in [0.25, 0.3) is 0 Å². The first-order valence-corrected chi connectivity index (χ1v) is 7.16. The van der Waals surface area contributed by atoms with Crippen LogP contribution in [-0.2, 0) is 13.6 Å². The van der Waals surface area contributed by atoms with Gasteiger partial charge in [0.1, 0.15) is 23.5 Å². The van der Waals surface area contributed by atoms with E-state index in [4.69, 9.17) is 5.73 Å². The zero-order valence-electron chi connectivity index (χ0n) is 12.3. The predicted octanol–water partition coefficient (Wildman–Crippen LogP) is 2.00. The summed E-state index contributed by atoms with van der Waals surface area (Å²) in [5.41, 5.74) is 8.52. The molecule has 0 fully saturated rings. The Morgan fingerprint density at radius 1 is 1.19 bits per heavy atom. The number of nitrogens with two attached hydrogens (primary N) is 1. The molecule has 7 heteroatoms. The molecule has 3 aromatic rings. The number of nitrogens with zero attached hydrogens (tertiary/aromatic N) is 6. The van der Waals surface area contributed by atoms with Gasteiger partial charge in [-0.25, -0.2) is 9.97 Å². The Bertz CT molecular complexity index is 756. The van der Waals surface area contributed by atoms with E-state index in [0.29, 0.717) is 5.82 Å². The van der Waals surface area contributed by atoms with E-state index in [1.54, 1.807) is 0 Å². The molecule has 0 saturated heterocycles. The molecule has 0 atom stereocenters. The van der Waals surface area contributed by atoms with Gasteiger partial charge in [-0.15, -0.1) is 5.10 Å². The summed E-state index contributed by atoms with van der Waals surface area (Å²) in [7, 11) is 1.93. The molecule has 0 aliphatic heterocycles. The van der Waals surface area contributed by atoms with Crippen LogP contribution in [0, 0.1) is 0 Å². The third-order valence-corrected chi connectivity index (χ3v) is 3.59. The summed E-state index contributed by atoms with van der Waals surface area (Å²) in [6, 6.07) is 0. The molecule has 0 spiro atoms. The van der Waals surface area contributed by atoms with Crippen molar-refractivity contribution in [2.24, 2.45) is 7.05 Å². The van der Waals surface area contributed by atoms with E-state index >= 15 is 0 Å². The molecule has 0 aromatic carbocycles. The maximum absolute atomic E-state index is 5.99. The molecule has 110 valence electrons. The molecule has 21 heavy (non-hydrogen) atoms. The number of unbranched alkanes of at least 4 members (excludes halogenated alkanes) is 2. The van der Waals surface area contributed by atoms with Crippen molar-refractivity contribution in [3.05, 3.63) is 18.7 Å². The van der Waals surface area contributed by atoms with Crippen LogP contribution in [0.2, 0.25) is 0 Å². The minimum atomic E-state index is 0.469. The molecule has 0 bridgehead atoms. The number of aromatic nitrogens is 6. The summed E-state index contributed by atoms with van der Waals surface area (Å²) in [6.45, 7) is 3.07. The van der Waals surface area contributed by atoms with Crippen LogP contribution in [-0.4, -0.2) is 29.5 Å². The van der Waals surface area contributed by atoms with Crippen LogP contribution in [0.5, 0.6) is 0 Å². The monoisotopic (exact) mass is 285 g/mol. The number of fused-ring (bicyclic) bond motifs is 1. The first-order chi connectivity index (χ1) is 10.2. The van der Waals surface area contributed by atoms with Crippen molar-refractivity contribution in [2.75, 3.05) is 5.73 Å². The van der Waals surface area contributed by atoms with Crippen molar-refractivity contribution in [1.29, 1.82) is 0 Å². The van der Waals surface area contributed by atoms with Gasteiger partial charge in [-0.05, 0) is 6.42 Å². The normalized spacial score (nSPS) is 11.3. The molecular weight excluding hydrogens is 266 g/mol. The molecule has 2 N–H and O–H groups in total. The highest BCUT2D eigenvalue weighted by Gasteiger charge is 2.15. The average Bonchev–Trinajstić information content (AvgIpc) is 3.05. The highest BCUT2D eigenvalue weighted by atomic mass is 15.4. The number of nitrogen functional groups attached to an aromatic ring is 1. The summed E-state index contributed by atoms with van der Waals surface area (Å²) < 4.78 is 3.81. The molecule has 0 amide bonds. The van der Waals surface area contributed by atoms with E-state index in [0.717, 1.165) is 35.3 Å². The van der Waals surface area contributed by atoms with Crippen LogP contribution >= 0.6 is 0 Å². The molecular formula is C14H19N7. The minimum absolute atomic E-state index is 0.469. The second-order valence-electron chi connectivity index (χ2n) is 5.19. The summed E-state index contributed by atoms with van der Waals surface area (Å²) in [4.78, 5) is 8.34. The molecule has 0 saturated carbocycles. The lowest BCUT2D eigenvalue weighted by Gasteiger charge is -1.98. The van der Waals surface area contributed by atoms with Crippen LogP contribution in [0.15, 0.2) is 18.7 Å². The number of rotatable bonds is 5. The van der Waals surface area contributed by atoms with Crippen molar-refractivity contribution < 1.29 is 0 Å². The Labute approximate surface area is 122 Å². The maximum atomic E-state index is 5.99. The van der Waals surface area contributed by atoms with E-state index in [2.05, 4.69) is 27.2 Å². The molecule has 0 unspecified atom stereocenters. The third-order valence-electron chi connectivity index (χ3n) is 3.59. The van der Waals surface area contributed by atoms with Gasteiger partial charge in [-0.1, -0.05) is 25.0 Å². The van der Waals surface area contributed by atoms with Crippen LogP contribution in [0.3, 0.4) is 0 Å². The number of hydrogen-bond donors (Lipinski definition) is 1. The molecule has 3 aromatic heterocycles. The number of hydrogen-bond acceptors (Lipinski definition) is 5. The summed E-state index contributed by atoms with van der Waals surface area (Å²) >= 11 is 0. The van der Waals surface area contributed by atoms with Gasteiger partial charge < -0.3 is 10.3 Å². The van der Waals surface area contributed by atoms with E-state index in [-0.39, 0.29) is 0 Å². The molecule has 3 rings (SSSR count). The van der Waals surface area contributed by atoms with Crippen molar-refractivity contribution >= 4 is 16.9 Å². The largest absolute Gasteiger partial charge is 0.383 e. The Kier molecular flexibility index (Phi) is 3.55. The van der Waals surface area contributed by atoms with Crippen molar-refractivity contribution in [3.8, 4) is 11.3 Å². The van der Waals surface area contributed by atoms with Crippen LogP contribution in [0.1, 0.15) is 26.2 Å². The highest BCUT2D eigenvalue weighted by Crippen LogP contribution is 2.30. The Morgan fingerprint density at radius 2 is 2.05 bits per heavy atom. The fourth-order valence-electron chi connectivity index (χ4n) is 2.48. The second kappa shape index (κ2) is 5.51. The Hall–Kier alpha value is -2.44. The third kappa shape index (κ3) is 2.46. The standard InChI is InChI=1S/C14H19N7/c1-3-4-5-6-21-8-11(18-19-21)10-7-20(2)14-12(10)13(15)16-9-17-14/h7-9H,3-6H2,1-2H3,(H2,15,16,17). The fraction of sp³-hybridized carbons (Fsp3) is 0.429. The van der Waals surface area contributed by atoms with Gasteiger partial charge in [-0.3, -0.25) is 4.68 Å². The van der Waals surface area contributed by atoms with E-state index in [1.165, 1.54) is 19.2 Å². The molecule has 3 heterocycles. The lowest BCUT2D eigenvalue weighted by Crippen LogP contribution is -1.98. The summed E-state index contributed by atoms with van der Waals surface area (Å²) in [5.74, 6) is 0.469.